The van der Waals surface area contributed by atoms with Gasteiger partial charge in [-0.1, -0.05) is 42.0 Å². The van der Waals surface area contributed by atoms with Crippen LogP contribution in [0.4, 0.5) is 0 Å². The summed E-state index contributed by atoms with van der Waals surface area (Å²) in [5.41, 5.74) is 8.67. The summed E-state index contributed by atoms with van der Waals surface area (Å²) in [6.45, 7) is 6.38. The molecular weight excluding hydrogens is 390 g/mol. The second-order valence-corrected chi connectivity index (χ2v) is 7.78. The van der Waals surface area contributed by atoms with E-state index in [0.29, 0.717) is 17.8 Å². The van der Waals surface area contributed by atoms with E-state index in [9.17, 15) is 9.59 Å². The van der Waals surface area contributed by atoms with E-state index < -0.39 is 5.91 Å². The molecule has 0 atom stereocenters. The fourth-order valence-corrected chi connectivity index (χ4v) is 3.56. The van der Waals surface area contributed by atoms with Crippen molar-refractivity contribution in [2.24, 2.45) is 0 Å². The Kier molecular flexibility index (Phi) is 5.40. The minimum absolute atomic E-state index is 0.170. The van der Waals surface area contributed by atoms with E-state index in [2.05, 4.69) is 0 Å². The molecule has 6 nitrogen and oxygen atoms in total. The number of rotatable bonds is 4. The lowest BCUT2D eigenvalue weighted by molar-refractivity contribution is 0.0706. The second-order valence-electron chi connectivity index (χ2n) is 7.78. The third-order valence-electron chi connectivity index (χ3n) is 5.55. The van der Waals surface area contributed by atoms with Crippen LogP contribution in [0.3, 0.4) is 0 Å². The van der Waals surface area contributed by atoms with Crippen LogP contribution in [-0.2, 0) is 6.54 Å². The maximum Gasteiger partial charge on any atom is 0.277 e. The van der Waals surface area contributed by atoms with Crippen LogP contribution in [0.1, 0.15) is 32.6 Å². The summed E-state index contributed by atoms with van der Waals surface area (Å²) in [5, 5.41) is 8.80. The molecule has 0 radical (unpaired) electrons. The first-order valence-corrected chi connectivity index (χ1v) is 9.99. The molecule has 0 spiro atoms. The Morgan fingerprint density at radius 2 is 1.61 bits per heavy atom. The van der Waals surface area contributed by atoms with E-state index in [0.717, 1.165) is 38.9 Å². The Morgan fingerprint density at radius 1 is 0.968 bits per heavy atom. The van der Waals surface area contributed by atoms with Gasteiger partial charge in [0.05, 0.1) is 17.6 Å². The Hall–Kier alpha value is -3.77. The van der Waals surface area contributed by atoms with Crippen molar-refractivity contribution in [3.05, 3.63) is 98.8 Å². The van der Waals surface area contributed by atoms with Gasteiger partial charge in [-0.15, -0.1) is 0 Å². The zero-order valence-electron chi connectivity index (χ0n) is 17.6. The van der Waals surface area contributed by atoms with E-state index in [1.807, 2.05) is 57.2 Å². The van der Waals surface area contributed by atoms with E-state index in [4.69, 9.17) is 10.2 Å². The number of hydrogen-bond acceptors (Lipinski definition) is 4. The highest BCUT2D eigenvalue weighted by Crippen LogP contribution is 2.22. The van der Waals surface area contributed by atoms with Crippen molar-refractivity contribution in [2.45, 2.75) is 27.3 Å². The standard InChI is InChI=1S/C25H23N3O3/c1-15-4-8-19(9-5-15)23-25(30)28(22-13-17(3)16(2)12-21(22)26-23)14-18-6-10-20(11-7-18)24(29)27-31/h4-13,31H,14H2,1-3H3,(H,27,29). The fourth-order valence-electron chi connectivity index (χ4n) is 3.56. The summed E-state index contributed by atoms with van der Waals surface area (Å²) in [6, 6.07) is 18.5. The summed E-state index contributed by atoms with van der Waals surface area (Å²) in [6.07, 6.45) is 0. The predicted molar refractivity (Wildman–Crippen MR) is 120 cm³/mol. The van der Waals surface area contributed by atoms with E-state index >= 15 is 0 Å². The van der Waals surface area contributed by atoms with Crippen molar-refractivity contribution in [1.29, 1.82) is 0 Å². The van der Waals surface area contributed by atoms with Gasteiger partial charge in [-0.25, -0.2) is 10.5 Å². The van der Waals surface area contributed by atoms with Gasteiger partial charge in [-0.2, -0.15) is 0 Å². The highest BCUT2D eigenvalue weighted by molar-refractivity contribution is 5.93. The van der Waals surface area contributed by atoms with Crippen LogP contribution >= 0.6 is 0 Å². The van der Waals surface area contributed by atoms with Crippen LogP contribution in [0.5, 0.6) is 0 Å². The molecular formula is C25H23N3O3. The molecule has 0 bridgehead atoms. The Bertz CT molecular complexity index is 1340. The van der Waals surface area contributed by atoms with Crippen molar-refractivity contribution in [2.75, 3.05) is 0 Å². The van der Waals surface area contributed by atoms with Crippen LogP contribution in [-0.4, -0.2) is 20.7 Å². The number of benzene rings is 3. The van der Waals surface area contributed by atoms with Crippen molar-refractivity contribution < 1.29 is 10.0 Å². The molecule has 6 heteroatoms. The van der Waals surface area contributed by atoms with E-state index in [1.165, 1.54) is 0 Å². The van der Waals surface area contributed by atoms with E-state index in [1.54, 1.807) is 34.3 Å². The van der Waals surface area contributed by atoms with Crippen LogP contribution in [0.15, 0.2) is 65.5 Å². The van der Waals surface area contributed by atoms with Crippen molar-refractivity contribution in [3.8, 4) is 11.3 Å². The molecule has 156 valence electrons. The molecule has 0 aliphatic rings. The lowest BCUT2D eigenvalue weighted by Crippen LogP contribution is -2.24. The van der Waals surface area contributed by atoms with Crippen molar-refractivity contribution >= 4 is 16.9 Å². The fraction of sp³-hybridized carbons (Fsp3) is 0.160. The average molecular weight is 413 g/mol. The smallest absolute Gasteiger partial charge is 0.277 e. The second kappa shape index (κ2) is 8.16. The van der Waals surface area contributed by atoms with Crippen molar-refractivity contribution in [1.82, 2.24) is 15.0 Å². The highest BCUT2D eigenvalue weighted by Gasteiger charge is 2.15. The molecule has 4 aromatic rings. The van der Waals surface area contributed by atoms with Crippen LogP contribution in [0.25, 0.3) is 22.3 Å². The number of nitrogens with one attached hydrogen (secondary N) is 1. The number of carbonyl (C=O) groups is 1. The van der Waals surface area contributed by atoms with Gasteiger partial charge in [0.25, 0.3) is 11.5 Å². The topological polar surface area (TPSA) is 84.2 Å². The first-order chi connectivity index (χ1) is 14.9. The molecule has 0 aliphatic carbocycles. The minimum atomic E-state index is -0.578. The molecule has 0 fully saturated rings. The minimum Gasteiger partial charge on any atom is -0.300 e. The summed E-state index contributed by atoms with van der Waals surface area (Å²) < 4.78 is 1.73. The molecule has 4 rings (SSSR count). The number of amides is 1. The van der Waals surface area contributed by atoms with Gasteiger partial charge >= 0.3 is 0 Å². The molecule has 2 N–H and O–H groups in total. The van der Waals surface area contributed by atoms with Crippen LogP contribution in [0, 0.1) is 20.8 Å². The first kappa shape index (κ1) is 20.5. The van der Waals surface area contributed by atoms with Gasteiger partial charge < -0.3 is 4.57 Å². The van der Waals surface area contributed by atoms with Gasteiger partial charge in [-0.3, -0.25) is 14.8 Å². The van der Waals surface area contributed by atoms with Gasteiger partial charge in [0.1, 0.15) is 5.69 Å². The monoisotopic (exact) mass is 413 g/mol. The molecule has 0 saturated carbocycles. The SMILES string of the molecule is Cc1ccc(-c2nc3cc(C)c(C)cc3n(Cc3ccc(C(=O)NO)cc3)c2=O)cc1. The zero-order chi connectivity index (χ0) is 22.1. The Labute approximate surface area is 179 Å². The first-order valence-electron chi connectivity index (χ1n) is 9.99. The van der Waals surface area contributed by atoms with Gasteiger partial charge in [0, 0.05) is 11.1 Å². The lowest BCUT2D eigenvalue weighted by atomic mass is 10.1. The molecule has 3 aromatic carbocycles. The summed E-state index contributed by atoms with van der Waals surface area (Å²) in [5.74, 6) is -0.578. The Balaban J connectivity index is 1.88. The number of hydroxylamine groups is 1. The number of aryl methyl sites for hydroxylation is 3. The molecule has 0 unspecified atom stereocenters. The molecule has 31 heavy (non-hydrogen) atoms. The Morgan fingerprint density at radius 3 is 2.26 bits per heavy atom. The number of carbonyl (C=O) groups excluding carboxylic acids is 1. The van der Waals surface area contributed by atoms with Crippen molar-refractivity contribution in [3.63, 3.8) is 0 Å². The van der Waals surface area contributed by atoms with Gasteiger partial charge in [0.2, 0.25) is 0 Å². The number of fused-ring (bicyclic) bond motifs is 1. The molecule has 0 aliphatic heterocycles. The molecule has 1 aromatic heterocycles. The van der Waals surface area contributed by atoms with E-state index in [-0.39, 0.29) is 5.56 Å². The predicted octanol–water partition coefficient (Wildman–Crippen LogP) is 4.16. The van der Waals surface area contributed by atoms with Gasteiger partial charge in [-0.05, 0) is 61.7 Å². The quantitative estimate of drug-likeness (QED) is 0.389. The summed E-state index contributed by atoms with van der Waals surface area (Å²) in [7, 11) is 0. The lowest BCUT2D eigenvalue weighted by Gasteiger charge is -2.15. The number of aromatic nitrogens is 2. The van der Waals surface area contributed by atoms with Crippen LogP contribution < -0.4 is 11.0 Å². The maximum absolute atomic E-state index is 13.5. The highest BCUT2D eigenvalue weighted by atomic mass is 16.5. The van der Waals surface area contributed by atoms with Crippen LogP contribution in [0.2, 0.25) is 0 Å². The zero-order valence-corrected chi connectivity index (χ0v) is 17.6. The average Bonchev–Trinajstić information content (AvgIpc) is 2.77. The summed E-state index contributed by atoms with van der Waals surface area (Å²) >= 11 is 0. The molecule has 0 saturated heterocycles. The van der Waals surface area contributed by atoms with Gasteiger partial charge in [0.15, 0.2) is 0 Å². The normalized spacial score (nSPS) is 11.0. The molecule has 1 amide bonds. The third kappa shape index (κ3) is 3.98. The summed E-state index contributed by atoms with van der Waals surface area (Å²) in [4.78, 5) is 29.8. The number of hydrogen-bond donors (Lipinski definition) is 2. The number of nitrogens with zero attached hydrogens (tertiary/aromatic N) is 2. The maximum atomic E-state index is 13.5. The third-order valence-corrected chi connectivity index (χ3v) is 5.55. The largest absolute Gasteiger partial charge is 0.300 e. The molecule has 1 heterocycles.